The third-order valence-electron chi connectivity index (χ3n) is 5.29. The first-order valence-corrected chi connectivity index (χ1v) is 11.6. The van der Waals surface area contributed by atoms with Gasteiger partial charge in [0, 0.05) is 41.0 Å². The highest BCUT2D eigenvalue weighted by atomic mass is 19.1. The van der Waals surface area contributed by atoms with Crippen LogP contribution in [0.25, 0.3) is 22.0 Å². The zero-order valence-electron chi connectivity index (χ0n) is 21.3. The highest BCUT2D eigenvalue weighted by Gasteiger charge is 2.31. The molecule has 0 saturated carbocycles. The number of nitrogens with zero attached hydrogens (tertiary/aromatic N) is 2. The predicted octanol–water partition coefficient (Wildman–Crippen LogP) is 6.59. The van der Waals surface area contributed by atoms with Gasteiger partial charge in [0.25, 0.3) is 0 Å². The number of halogens is 2. The first-order chi connectivity index (χ1) is 16.3. The van der Waals surface area contributed by atoms with E-state index in [9.17, 15) is 13.6 Å². The third-order valence-corrected chi connectivity index (χ3v) is 5.29. The van der Waals surface area contributed by atoms with Gasteiger partial charge in [-0.3, -0.25) is 4.98 Å². The minimum absolute atomic E-state index is 0.184. The Hall–Kier alpha value is -3.29. The summed E-state index contributed by atoms with van der Waals surface area (Å²) in [6, 6.07) is 5.55. The number of amides is 1. The van der Waals surface area contributed by atoms with Crippen molar-refractivity contribution in [1.82, 2.24) is 15.3 Å². The molecule has 0 aliphatic rings. The highest BCUT2D eigenvalue weighted by molar-refractivity contribution is 5.94. The standard InChI is InChI=1S/C27H33F2N3O3/c1-16(2)13-27(7,32-25(33)35-26(4,5)6)15-34-24-17(3)10-18(14-31-24)20-8-9-30-22-12-19(28)11-21(29)23(20)22/h8-12,14,16H,13,15H2,1-7H3,(H,32,33). The molecule has 1 amide bonds. The van der Waals surface area contributed by atoms with Crippen LogP contribution in [0.1, 0.15) is 53.5 Å². The van der Waals surface area contributed by atoms with Gasteiger partial charge in [0.2, 0.25) is 5.88 Å². The maximum absolute atomic E-state index is 14.6. The smallest absolute Gasteiger partial charge is 0.408 e. The number of hydrogen-bond donors (Lipinski definition) is 1. The minimum Gasteiger partial charge on any atom is -0.475 e. The van der Waals surface area contributed by atoms with E-state index in [0.29, 0.717) is 29.3 Å². The molecule has 3 rings (SSSR count). The van der Waals surface area contributed by atoms with Crippen LogP contribution in [0.2, 0.25) is 0 Å². The van der Waals surface area contributed by atoms with E-state index in [0.717, 1.165) is 11.6 Å². The van der Waals surface area contributed by atoms with Gasteiger partial charge >= 0.3 is 6.09 Å². The molecule has 2 aromatic heterocycles. The molecule has 0 saturated heterocycles. The molecule has 0 radical (unpaired) electrons. The van der Waals surface area contributed by atoms with Crippen molar-refractivity contribution in [2.75, 3.05) is 6.61 Å². The number of pyridine rings is 2. The highest BCUT2D eigenvalue weighted by Crippen LogP contribution is 2.32. The lowest BCUT2D eigenvalue weighted by Crippen LogP contribution is -2.52. The van der Waals surface area contributed by atoms with Gasteiger partial charge in [-0.15, -0.1) is 0 Å². The maximum atomic E-state index is 14.6. The van der Waals surface area contributed by atoms with Crippen LogP contribution in [0.15, 0.2) is 36.7 Å². The Labute approximate surface area is 205 Å². The minimum atomic E-state index is -0.683. The number of benzene rings is 1. The molecule has 1 aromatic carbocycles. The molecule has 0 aliphatic carbocycles. The van der Waals surface area contributed by atoms with Crippen LogP contribution in [0.3, 0.4) is 0 Å². The maximum Gasteiger partial charge on any atom is 0.408 e. The molecule has 0 fully saturated rings. The summed E-state index contributed by atoms with van der Waals surface area (Å²) >= 11 is 0. The van der Waals surface area contributed by atoms with Crippen molar-refractivity contribution in [2.24, 2.45) is 5.92 Å². The van der Waals surface area contributed by atoms with E-state index in [-0.39, 0.29) is 17.5 Å². The lowest BCUT2D eigenvalue weighted by atomic mass is 9.91. The molecule has 0 aliphatic heterocycles. The SMILES string of the molecule is Cc1cc(-c2ccnc3cc(F)cc(F)c23)cnc1OCC(C)(CC(C)C)NC(=O)OC(C)(C)C. The van der Waals surface area contributed by atoms with Gasteiger partial charge in [0.15, 0.2) is 0 Å². The fourth-order valence-electron chi connectivity index (χ4n) is 4.13. The second-order valence-corrected chi connectivity index (χ2v) is 10.6. The molecular weight excluding hydrogens is 452 g/mol. The van der Waals surface area contributed by atoms with E-state index in [2.05, 4.69) is 29.1 Å². The fraction of sp³-hybridized carbons (Fsp3) is 0.444. The number of aryl methyl sites for hydroxylation is 1. The summed E-state index contributed by atoms with van der Waals surface area (Å²) in [6.45, 7) is 13.5. The largest absolute Gasteiger partial charge is 0.475 e. The molecule has 1 atom stereocenters. The van der Waals surface area contributed by atoms with Crippen LogP contribution in [0.5, 0.6) is 5.88 Å². The summed E-state index contributed by atoms with van der Waals surface area (Å²) in [4.78, 5) is 21.0. The quantitative estimate of drug-likeness (QED) is 0.409. The molecule has 6 nitrogen and oxygen atoms in total. The van der Waals surface area contributed by atoms with Crippen molar-refractivity contribution >= 4 is 17.0 Å². The second-order valence-electron chi connectivity index (χ2n) is 10.6. The summed E-state index contributed by atoms with van der Waals surface area (Å²) in [5, 5.41) is 3.18. The van der Waals surface area contributed by atoms with Crippen molar-refractivity contribution in [3.8, 4) is 17.0 Å². The summed E-state index contributed by atoms with van der Waals surface area (Å²) < 4.78 is 39.7. The van der Waals surface area contributed by atoms with Gasteiger partial charge < -0.3 is 14.8 Å². The van der Waals surface area contributed by atoms with Crippen LogP contribution in [-0.4, -0.2) is 33.8 Å². The van der Waals surface area contributed by atoms with Crippen LogP contribution in [0, 0.1) is 24.5 Å². The average molecular weight is 486 g/mol. The number of rotatable bonds is 7. The molecule has 1 N–H and O–H groups in total. The van der Waals surface area contributed by atoms with Crippen molar-refractivity contribution in [3.05, 3.63) is 53.9 Å². The summed E-state index contributed by atoms with van der Waals surface area (Å²) in [5.74, 6) is -0.657. The lowest BCUT2D eigenvalue weighted by Gasteiger charge is -2.33. The molecule has 188 valence electrons. The average Bonchev–Trinajstić information content (AvgIpc) is 2.70. The fourth-order valence-corrected chi connectivity index (χ4v) is 4.13. The Morgan fingerprint density at radius 1 is 1.11 bits per heavy atom. The zero-order valence-corrected chi connectivity index (χ0v) is 21.3. The van der Waals surface area contributed by atoms with Crippen molar-refractivity contribution in [3.63, 3.8) is 0 Å². The van der Waals surface area contributed by atoms with Gasteiger partial charge in [-0.25, -0.2) is 18.6 Å². The molecule has 35 heavy (non-hydrogen) atoms. The Bertz CT molecular complexity index is 1220. The zero-order chi connectivity index (χ0) is 26.0. The molecule has 2 heterocycles. The van der Waals surface area contributed by atoms with Crippen LogP contribution < -0.4 is 10.1 Å². The number of carbonyl (C=O) groups excluding carboxylic acids is 1. The van der Waals surface area contributed by atoms with Crippen molar-refractivity contribution in [1.29, 1.82) is 0 Å². The Balaban J connectivity index is 1.83. The number of aromatic nitrogens is 2. The number of fused-ring (bicyclic) bond motifs is 1. The second kappa shape index (κ2) is 10.1. The third kappa shape index (κ3) is 6.87. The van der Waals surface area contributed by atoms with Gasteiger partial charge in [-0.05, 0) is 64.7 Å². The Kier molecular flexibility index (Phi) is 7.62. The number of nitrogens with one attached hydrogen (secondary N) is 1. The van der Waals surface area contributed by atoms with Gasteiger partial charge in [-0.1, -0.05) is 13.8 Å². The monoisotopic (exact) mass is 485 g/mol. The normalized spacial score (nSPS) is 13.5. The number of carbonyl (C=O) groups is 1. The van der Waals surface area contributed by atoms with Gasteiger partial charge in [0.05, 0.1) is 11.1 Å². The number of ether oxygens (including phenoxy) is 2. The van der Waals surface area contributed by atoms with E-state index in [4.69, 9.17) is 9.47 Å². The van der Waals surface area contributed by atoms with E-state index >= 15 is 0 Å². The van der Waals surface area contributed by atoms with Gasteiger partial charge in [-0.2, -0.15) is 0 Å². The van der Waals surface area contributed by atoms with Crippen LogP contribution in [0.4, 0.5) is 13.6 Å². The summed E-state index contributed by atoms with van der Waals surface area (Å²) in [6.07, 6.45) is 3.26. The Morgan fingerprint density at radius 2 is 1.83 bits per heavy atom. The van der Waals surface area contributed by atoms with Gasteiger partial charge in [0.1, 0.15) is 23.8 Å². The lowest BCUT2D eigenvalue weighted by molar-refractivity contribution is 0.0405. The van der Waals surface area contributed by atoms with E-state index in [1.807, 2.05) is 40.7 Å². The van der Waals surface area contributed by atoms with Crippen molar-refractivity contribution < 1.29 is 23.0 Å². The van der Waals surface area contributed by atoms with E-state index < -0.39 is 28.9 Å². The van der Waals surface area contributed by atoms with E-state index in [1.54, 1.807) is 12.3 Å². The van der Waals surface area contributed by atoms with E-state index in [1.165, 1.54) is 12.3 Å². The topological polar surface area (TPSA) is 73.3 Å². The molecule has 8 heteroatoms. The molecule has 1 unspecified atom stereocenters. The first-order valence-electron chi connectivity index (χ1n) is 11.6. The molecule has 0 spiro atoms. The van der Waals surface area contributed by atoms with Crippen LogP contribution >= 0.6 is 0 Å². The Morgan fingerprint density at radius 3 is 2.46 bits per heavy atom. The number of alkyl carbamates (subject to hydrolysis) is 1. The van der Waals surface area contributed by atoms with Crippen LogP contribution in [-0.2, 0) is 4.74 Å². The predicted molar refractivity (Wildman–Crippen MR) is 132 cm³/mol. The molecular formula is C27H33F2N3O3. The molecule has 3 aromatic rings. The summed E-state index contributed by atoms with van der Waals surface area (Å²) in [5.41, 5.74) is 0.892. The first kappa shape index (κ1) is 26.3. The molecule has 0 bridgehead atoms. The van der Waals surface area contributed by atoms with Crippen molar-refractivity contribution in [2.45, 2.75) is 66.0 Å². The number of hydrogen-bond acceptors (Lipinski definition) is 5. The summed E-state index contributed by atoms with van der Waals surface area (Å²) in [7, 11) is 0.